The molecule has 0 fully saturated rings. The van der Waals surface area contributed by atoms with Crippen LogP contribution in [0.25, 0.3) is 21.0 Å². The summed E-state index contributed by atoms with van der Waals surface area (Å²) in [6.07, 6.45) is 5.54. The number of rotatable bonds is 5. The molecule has 0 unspecified atom stereocenters. The van der Waals surface area contributed by atoms with Gasteiger partial charge in [0.1, 0.15) is 5.01 Å². The van der Waals surface area contributed by atoms with E-state index < -0.39 is 0 Å². The lowest BCUT2D eigenvalue weighted by Crippen LogP contribution is -2.09. The van der Waals surface area contributed by atoms with Gasteiger partial charge in [0, 0.05) is 41.2 Å². The molecular weight excluding hydrogens is 386 g/mol. The highest BCUT2D eigenvalue weighted by Gasteiger charge is 2.12. The highest BCUT2D eigenvalue weighted by atomic mass is 32.1. The van der Waals surface area contributed by atoms with E-state index in [1.165, 1.54) is 0 Å². The van der Waals surface area contributed by atoms with Crippen molar-refractivity contribution < 1.29 is 0 Å². The number of aromatic nitrogens is 2. The van der Waals surface area contributed by atoms with Crippen LogP contribution in [-0.2, 0) is 0 Å². The largest absolute Gasteiger partial charge is 0.311 e. The van der Waals surface area contributed by atoms with Gasteiger partial charge in [0.15, 0.2) is 0 Å². The maximum atomic E-state index is 4.60. The Bertz CT molecular complexity index is 1180. The van der Waals surface area contributed by atoms with Gasteiger partial charge in [-0.3, -0.25) is 4.98 Å². The van der Waals surface area contributed by atoms with E-state index in [2.05, 4.69) is 87.7 Å². The van der Waals surface area contributed by atoms with E-state index in [0.29, 0.717) is 0 Å². The smallest absolute Gasteiger partial charge is 0.123 e. The Labute approximate surface area is 179 Å². The van der Waals surface area contributed by atoms with E-state index >= 15 is 0 Å². The highest BCUT2D eigenvalue weighted by Crippen LogP contribution is 2.37. The quantitative estimate of drug-likeness (QED) is 0.306. The van der Waals surface area contributed by atoms with Crippen molar-refractivity contribution in [3.63, 3.8) is 0 Å². The number of anilines is 3. The summed E-state index contributed by atoms with van der Waals surface area (Å²) in [4.78, 5) is 12.1. The molecule has 2 aromatic heterocycles. The van der Waals surface area contributed by atoms with E-state index in [-0.39, 0.29) is 0 Å². The zero-order valence-electron chi connectivity index (χ0n) is 16.2. The van der Waals surface area contributed by atoms with E-state index in [1.807, 2.05) is 30.5 Å². The second-order valence-electron chi connectivity index (χ2n) is 6.82. The molecular formula is C26H19N3S. The predicted octanol–water partition coefficient (Wildman–Crippen LogP) is 7.34. The van der Waals surface area contributed by atoms with Crippen molar-refractivity contribution in [1.82, 2.24) is 9.97 Å². The number of pyridine rings is 1. The van der Waals surface area contributed by atoms with Gasteiger partial charge in [0.2, 0.25) is 0 Å². The summed E-state index contributed by atoms with van der Waals surface area (Å²) in [5, 5.41) is 1.01. The molecule has 0 radical (unpaired) electrons. The first kappa shape index (κ1) is 18.3. The molecule has 3 nitrogen and oxygen atoms in total. The van der Waals surface area contributed by atoms with Crippen LogP contribution in [0.15, 0.2) is 116 Å². The second-order valence-corrected chi connectivity index (χ2v) is 7.85. The summed E-state index contributed by atoms with van der Waals surface area (Å²) in [7, 11) is 0. The molecule has 0 saturated heterocycles. The number of hydrogen-bond donors (Lipinski definition) is 0. The molecule has 144 valence electrons. The van der Waals surface area contributed by atoms with Crippen LogP contribution in [0.2, 0.25) is 0 Å². The zero-order valence-corrected chi connectivity index (χ0v) is 17.0. The van der Waals surface area contributed by atoms with Gasteiger partial charge >= 0.3 is 0 Å². The van der Waals surface area contributed by atoms with Crippen molar-refractivity contribution in [2.45, 2.75) is 0 Å². The third-order valence-electron chi connectivity index (χ3n) is 4.87. The molecule has 0 saturated carbocycles. The molecule has 3 aromatic carbocycles. The zero-order chi connectivity index (χ0) is 20.2. The van der Waals surface area contributed by atoms with Crippen LogP contribution in [0.5, 0.6) is 0 Å². The van der Waals surface area contributed by atoms with Gasteiger partial charge in [-0.05, 0) is 54.1 Å². The van der Waals surface area contributed by atoms with E-state index in [4.69, 9.17) is 0 Å². The number of thiazole rings is 1. The lowest BCUT2D eigenvalue weighted by molar-refractivity contribution is 1.28. The van der Waals surface area contributed by atoms with Crippen molar-refractivity contribution in [3.05, 3.63) is 116 Å². The third-order valence-corrected chi connectivity index (χ3v) is 5.97. The van der Waals surface area contributed by atoms with Gasteiger partial charge in [-0.2, -0.15) is 0 Å². The Hall–Kier alpha value is -3.76. The molecule has 0 aliphatic carbocycles. The van der Waals surface area contributed by atoms with Crippen LogP contribution < -0.4 is 4.90 Å². The minimum absolute atomic E-state index is 1.01. The second kappa shape index (κ2) is 8.31. The molecule has 0 N–H and O–H groups in total. The number of benzene rings is 3. The number of nitrogens with zero attached hydrogens (tertiary/aromatic N) is 3. The summed E-state index contributed by atoms with van der Waals surface area (Å²) in [6.45, 7) is 0. The van der Waals surface area contributed by atoms with Crippen LogP contribution >= 0.6 is 11.3 Å². The molecule has 5 aromatic rings. The Morgan fingerprint density at radius 3 is 1.73 bits per heavy atom. The fraction of sp³-hybridized carbons (Fsp3) is 0. The summed E-state index contributed by atoms with van der Waals surface area (Å²) in [6, 6.07) is 33.5. The van der Waals surface area contributed by atoms with Crippen molar-refractivity contribution in [2.24, 2.45) is 0 Å². The number of hydrogen-bond acceptors (Lipinski definition) is 4. The lowest BCUT2D eigenvalue weighted by Gasteiger charge is -2.25. The first-order valence-corrected chi connectivity index (χ1v) is 10.6. The molecule has 0 bridgehead atoms. The average molecular weight is 406 g/mol. The monoisotopic (exact) mass is 405 g/mol. The summed E-state index contributed by atoms with van der Waals surface area (Å²) < 4.78 is 0. The van der Waals surface area contributed by atoms with Crippen molar-refractivity contribution >= 4 is 28.4 Å². The Morgan fingerprint density at radius 1 is 0.567 bits per heavy atom. The number of para-hydroxylation sites is 2. The highest BCUT2D eigenvalue weighted by molar-refractivity contribution is 7.18. The summed E-state index contributed by atoms with van der Waals surface area (Å²) >= 11 is 1.69. The standard InChI is InChI=1S/C26H19N3S/c1-3-7-22(8-4-1)29(23-9-5-2-6-10-23)24-13-11-20(12-14-24)25-19-28-26(30-25)21-15-17-27-18-16-21/h1-19H. The Kier molecular flexibility index (Phi) is 5.06. The van der Waals surface area contributed by atoms with Crippen LogP contribution in [-0.4, -0.2) is 9.97 Å². The molecule has 2 heterocycles. The van der Waals surface area contributed by atoms with Crippen molar-refractivity contribution in [2.75, 3.05) is 4.90 Å². The SMILES string of the molecule is c1ccc(N(c2ccccc2)c2ccc(-c3cnc(-c4ccncc4)s3)cc2)cc1. The summed E-state index contributed by atoms with van der Waals surface area (Å²) in [5.74, 6) is 0. The molecule has 0 aliphatic heterocycles. The fourth-order valence-corrected chi connectivity index (χ4v) is 4.34. The van der Waals surface area contributed by atoms with E-state index in [9.17, 15) is 0 Å². The maximum Gasteiger partial charge on any atom is 0.123 e. The normalized spacial score (nSPS) is 10.7. The molecule has 5 rings (SSSR count). The van der Waals surface area contributed by atoms with Gasteiger partial charge in [-0.1, -0.05) is 48.5 Å². The fourth-order valence-electron chi connectivity index (χ4n) is 3.41. The van der Waals surface area contributed by atoms with Crippen LogP contribution in [0.4, 0.5) is 17.1 Å². The van der Waals surface area contributed by atoms with Crippen molar-refractivity contribution in [1.29, 1.82) is 0 Å². The van der Waals surface area contributed by atoms with Crippen LogP contribution in [0, 0.1) is 0 Å². The Balaban J connectivity index is 1.48. The van der Waals surface area contributed by atoms with Crippen LogP contribution in [0.3, 0.4) is 0 Å². The summed E-state index contributed by atoms with van der Waals surface area (Å²) in [5.41, 5.74) is 5.65. The van der Waals surface area contributed by atoms with Gasteiger partial charge < -0.3 is 4.90 Å². The van der Waals surface area contributed by atoms with Gasteiger partial charge in [-0.15, -0.1) is 11.3 Å². The van der Waals surface area contributed by atoms with E-state index in [0.717, 1.165) is 38.1 Å². The predicted molar refractivity (Wildman–Crippen MR) is 125 cm³/mol. The third kappa shape index (κ3) is 3.73. The van der Waals surface area contributed by atoms with Gasteiger partial charge in [0.25, 0.3) is 0 Å². The molecule has 0 spiro atoms. The molecule has 4 heteroatoms. The van der Waals surface area contributed by atoms with Crippen molar-refractivity contribution in [3.8, 4) is 21.0 Å². The average Bonchev–Trinajstić information content (AvgIpc) is 3.32. The lowest BCUT2D eigenvalue weighted by atomic mass is 10.1. The molecule has 0 amide bonds. The molecule has 0 aliphatic rings. The Morgan fingerprint density at radius 2 is 1.13 bits per heavy atom. The van der Waals surface area contributed by atoms with E-state index in [1.54, 1.807) is 23.7 Å². The van der Waals surface area contributed by atoms with Gasteiger partial charge in [-0.25, -0.2) is 4.98 Å². The van der Waals surface area contributed by atoms with Gasteiger partial charge in [0.05, 0.1) is 4.88 Å². The minimum atomic E-state index is 1.01. The first-order chi connectivity index (χ1) is 14.9. The first-order valence-electron chi connectivity index (χ1n) is 9.75. The maximum absolute atomic E-state index is 4.60. The topological polar surface area (TPSA) is 29.0 Å². The molecule has 30 heavy (non-hydrogen) atoms. The minimum Gasteiger partial charge on any atom is -0.311 e. The molecule has 0 atom stereocenters. The van der Waals surface area contributed by atoms with Crippen LogP contribution in [0.1, 0.15) is 0 Å².